The monoisotopic (exact) mass is 447 g/mol. The zero-order valence-electron chi connectivity index (χ0n) is 18.1. The summed E-state index contributed by atoms with van der Waals surface area (Å²) >= 11 is 0. The van der Waals surface area contributed by atoms with Gasteiger partial charge in [-0.1, -0.05) is 0 Å². The maximum absolute atomic E-state index is 12.7. The van der Waals surface area contributed by atoms with Gasteiger partial charge in [-0.05, 0) is 55.6 Å². The number of allylic oxidation sites excluding steroid dienone is 1. The summed E-state index contributed by atoms with van der Waals surface area (Å²) < 4.78 is 35.5. The number of aromatic nitrogens is 1. The number of nitrogen functional groups attached to an aromatic ring is 1. The lowest BCUT2D eigenvalue weighted by atomic mass is 10.0. The van der Waals surface area contributed by atoms with Crippen LogP contribution in [-0.4, -0.2) is 61.1 Å². The van der Waals surface area contributed by atoms with Crippen LogP contribution in [0.2, 0.25) is 0 Å². The third kappa shape index (κ3) is 4.73. The quantitative estimate of drug-likeness (QED) is 0.504. The molecule has 9 heteroatoms. The number of alkyl halides is 2. The van der Waals surface area contributed by atoms with Crippen LogP contribution in [0.1, 0.15) is 31.2 Å². The lowest BCUT2D eigenvalue weighted by molar-refractivity contribution is -0.0495. The van der Waals surface area contributed by atoms with Crippen LogP contribution in [0.3, 0.4) is 0 Å². The Morgan fingerprint density at radius 3 is 2.69 bits per heavy atom. The molecule has 4 N–H and O–H groups in total. The fraction of sp³-hybridized carbons (Fsp3) is 0.652. The van der Waals surface area contributed by atoms with Crippen molar-refractivity contribution in [3.63, 3.8) is 0 Å². The second-order valence-corrected chi connectivity index (χ2v) is 9.45. The van der Waals surface area contributed by atoms with Gasteiger partial charge in [0.25, 0.3) is 0 Å². The number of nitrogens with two attached hydrogens (primary N) is 1. The number of hydrogen-bond donors (Lipinski definition) is 3. The number of anilines is 1. The van der Waals surface area contributed by atoms with Gasteiger partial charge in [0.1, 0.15) is 0 Å². The molecule has 174 valence electrons. The van der Waals surface area contributed by atoms with Crippen molar-refractivity contribution in [2.75, 3.05) is 38.6 Å². The highest BCUT2D eigenvalue weighted by molar-refractivity contribution is 6.02. The molecule has 1 aliphatic heterocycles. The maximum Gasteiger partial charge on any atom is 0.387 e. The molecule has 0 aromatic carbocycles. The molecule has 2 heterocycles. The first kappa shape index (κ1) is 21.6. The molecule has 32 heavy (non-hydrogen) atoms. The van der Waals surface area contributed by atoms with Gasteiger partial charge in [-0.25, -0.2) is 4.98 Å². The van der Waals surface area contributed by atoms with Gasteiger partial charge in [-0.3, -0.25) is 4.90 Å². The van der Waals surface area contributed by atoms with Crippen LogP contribution in [0.5, 0.6) is 5.75 Å². The van der Waals surface area contributed by atoms with E-state index in [1.807, 2.05) is 6.08 Å². The maximum atomic E-state index is 12.7. The molecule has 3 aliphatic carbocycles. The number of nitrogens with zero attached hydrogens (tertiary/aromatic N) is 2. The first-order chi connectivity index (χ1) is 15.5. The molecule has 1 aromatic rings. The van der Waals surface area contributed by atoms with Gasteiger partial charge in [-0.2, -0.15) is 8.78 Å². The normalized spacial score (nSPS) is 30.3. The number of rotatable bonds is 9. The van der Waals surface area contributed by atoms with Crippen molar-refractivity contribution in [1.82, 2.24) is 15.2 Å². The fourth-order valence-electron chi connectivity index (χ4n) is 5.37. The average Bonchev–Trinajstić information content (AvgIpc) is 3.69. The Labute approximate surface area is 186 Å². The van der Waals surface area contributed by atoms with Crippen molar-refractivity contribution >= 4 is 17.2 Å². The average molecular weight is 448 g/mol. The van der Waals surface area contributed by atoms with E-state index >= 15 is 0 Å². The SMILES string of the molecule is N=C(/C=C(\NCC1CC1)c1cnc(N)c(OC(F)F)c1)[C@H]1[C@@H]2CC(N3CCOCC3)C[C@@H]21. The summed E-state index contributed by atoms with van der Waals surface area (Å²) in [6.45, 7) is 1.48. The third-order valence-corrected chi connectivity index (χ3v) is 7.33. The first-order valence-electron chi connectivity index (χ1n) is 11.6. The van der Waals surface area contributed by atoms with Crippen molar-refractivity contribution in [3.05, 3.63) is 23.9 Å². The Bertz CT molecular complexity index is 873. The van der Waals surface area contributed by atoms with Gasteiger partial charge in [0.05, 0.1) is 13.2 Å². The highest BCUT2D eigenvalue weighted by Gasteiger charge is 2.58. The molecular formula is C23H31F2N5O2. The molecule has 4 aliphatic rings. The smallest absolute Gasteiger partial charge is 0.387 e. The Morgan fingerprint density at radius 2 is 2.03 bits per heavy atom. The lowest BCUT2D eigenvalue weighted by Crippen LogP contribution is -2.43. The molecule has 0 spiro atoms. The first-order valence-corrected chi connectivity index (χ1v) is 11.6. The second kappa shape index (κ2) is 8.94. The van der Waals surface area contributed by atoms with E-state index in [9.17, 15) is 8.78 Å². The van der Waals surface area contributed by atoms with Gasteiger partial charge >= 0.3 is 6.61 Å². The predicted molar refractivity (Wildman–Crippen MR) is 118 cm³/mol. The van der Waals surface area contributed by atoms with Crippen LogP contribution < -0.4 is 15.8 Å². The Kier molecular flexibility index (Phi) is 6.03. The number of fused-ring (bicyclic) bond motifs is 1. The Morgan fingerprint density at radius 1 is 1.31 bits per heavy atom. The van der Waals surface area contributed by atoms with Crippen LogP contribution >= 0.6 is 0 Å². The van der Waals surface area contributed by atoms with Crippen molar-refractivity contribution in [3.8, 4) is 5.75 Å². The zero-order valence-corrected chi connectivity index (χ0v) is 18.1. The zero-order chi connectivity index (χ0) is 22.2. The van der Waals surface area contributed by atoms with E-state index in [4.69, 9.17) is 15.9 Å². The van der Waals surface area contributed by atoms with Crippen LogP contribution in [0.15, 0.2) is 18.3 Å². The number of halogens is 2. The highest BCUT2D eigenvalue weighted by atomic mass is 19.3. The number of hydrogen-bond acceptors (Lipinski definition) is 7. The number of ether oxygens (including phenoxy) is 2. The van der Waals surface area contributed by atoms with E-state index in [1.54, 1.807) is 6.20 Å². The molecule has 0 bridgehead atoms. The number of pyridine rings is 1. The van der Waals surface area contributed by atoms with Crippen molar-refractivity contribution < 1.29 is 18.3 Å². The largest absolute Gasteiger partial charge is 0.431 e. The van der Waals surface area contributed by atoms with Crippen LogP contribution in [0.4, 0.5) is 14.6 Å². The molecule has 1 saturated heterocycles. The molecule has 5 rings (SSSR count). The minimum absolute atomic E-state index is 0.0726. The molecule has 4 fully saturated rings. The molecule has 0 radical (unpaired) electrons. The van der Waals surface area contributed by atoms with Gasteiger partial charge < -0.3 is 25.9 Å². The van der Waals surface area contributed by atoms with Crippen molar-refractivity contribution in [2.45, 2.75) is 38.3 Å². The van der Waals surface area contributed by atoms with Gasteiger partial charge in [0, 0.05) is 54.8 Å². The van der Waals surface area contributed by atoms with E-state index < -0.39 is 6.61 Å². The van der Waals surface area contributed by atoms with E-state index in [-0.39, 0.29) is 17.5 Å². The molecule has 7 nitrogen and oxygen atoms in total. The molecule has 1 unspecified atom stereocenters. The number of morpholine rings is 1. The van der Waals surface area contributed by atoms with Crippen molar-refractivity contribution in [2.24, 2.45) is 23.7 Å². The van der Waals surface area contributed by atoms with E-state index in [0.717, 1.165) is 51.4 Å². The molecule has 0 amide bonds. The summed E-state index contributed by atoms with van der Waals surface area (Å²) in [5.74, 6) is 1.83. The lowest BCUT2D eigenvalue weighted by Gasteiger charge is -2.33. The Hall–Kier alpha value is -2.26. The molecule has 1 aromatic heterocycles. The second-order valence-electron chi connectivity index (χ2n) is 9.45. The summed E-state index contributed by atoms with van der Waals surface area (Å²) in [7, 11) is 0. The summed E-state index contributed by atoms with van der Waals surface area (Å²) in [6.07, 6.45) is 8.07. The fourth-order valence-corrected chi connectivity index (χ4v) is 5.37. The van der Waals surface area contributed by atoms with Crippen LogP contribution in [0.25, 0.3) is 5.70 Å². The van der Waals surface area contributed by atoms with E-state index in [0.29, 0.717) is 35.1 Å². The van der Waals surface area contributed by atoms with Gasteiger partial charge in [-0.15, -0.1) is 0 Å². The summed E-state index contributed by atoms with van der Waals surface area (Å²) in [5, 5.41) is 12.2. The Balaban J connectivity index is 1.27. The molecular weight excluding hydrogens is 416 g/mol. The van der Waals surface area contributed by atoms with Crippen molar-refractivity contribution in [1.29, 1.82) is 5.41 Å². The third-order valence-electron chi connectivity index (χ3n) is 7.33. The molecule has 4 atom stereocenters. The van der Waals surface area contributed by atoms with Gasteiger partial charge in [0.2, 0.25) is 0 Å². The van der Waals surface area contributed by atoms with Crippen LogP contribution in [0, 0.1) is 29.1 Å². The topological polar surface area (TPSA) is 96.5 Å². The minimum atomic E-state index is -2.97. The minimum Gasteiger partial charge on any atom is -0.431 e. The number of nitrogens with one attached hydrogen (secondary N) is 2. The van der Waals surface area contributed by atoms with Crippen LogP contribution in [-0.2, 0) is 4.74 Å². The van der Waals surface area contributed by atoms with Gasteiger partial charge in [0.15, 0.2) is 11.6 Å². The summed E-state index contributed by atoms with van der Waals surface area (Å²) in [5.41, 5.74) is 7.64. The summed E-state index contributed by atoms with van der Waals surface area (Å²) in [4.78, 5) is 6.58. The standard InChI is InChI=1S/C23H31F2N5O2/c24-23(25)32-20-7-14(12-29-22(20)27)19(28-11-13-1-2-13)10-18(26)21-16-8-15(9-17(16)21)30-3-5-31-6-4-30/h7,10,12-13,15-17,21,23,26,28H,1-6,8-9,11H2,(H2,27,29)/b19-10-,26-18?/t15?,16-,17+,21+. The predicted octanol–water partition coefficient (Wildman–Crippen LogP) is 2.98. The summed E-state index contributed by atoms with van der Waals surface area (Å²) in [6, 6.07) is 2.10. The van der Waals surface area contributed by atoms with E-state index in [2.05, 4.69) is 19.9 Å². The highest BCUT2D eigenvalue weighted by Crippen LogP contribution is 2.59. The molecule has 3 saturated carbocycles. The van der Waals surface area contributed by atoms with E-state index in [1.165, 1.54) is 18.9 Å².